The van der Waals surface area contributed by atoms with Crippen LogP contribution in [-0.2, 0) is 0 Å². The lowest BCUT2D eigenvalue weighted by molar-refractivity contribution is 0.254. The van der Waals surface area contributed by atoms with Crippen LogP contribution in [0.3, 0.4) is 0 Å². The molecular formula is C11H15N5OS. The first kappa shape index (κ1) is 13.9. The van der Waals surface area contributed by atoms with E-state index in [1.807, 2.05) is 19.1 Å². The number of hydrogen-bond acceptors (Lipinski definition) is 3. The molecule has 0 saturated carbocycles. The van der Waals surface area contributed by atoms with Crippen molar-refractivity contribution in [3.05, 3.63) is 29.8 Å². The van der Waals surface area contributed by atoms with Gasteiger partial charge in [0.15, 0.2) is 5.11 Å². The van der Waals surface area contributed by atoms with Gasteiger partial charge in [0.25, 0.3) is 0 Å². The van der Waals surface area contributed by atoms with Crippen LogP contribution in [0.25, 0.3) is 0 Å². The van der Waals surface area contributed by atoms with Crippen molar-refractivity contribution in [3.8, 4) is 0 Å². The van der Waals surface area contributed by atoms with Crippen molar-refractivity contribution in [3.63, 3.8) is 0 Å². The maximum Gasteiger partial charge on any atom is 0.318 e. The number of nitrogens with one attached hydrogen (secondary N) is 3. The van der Waals surface area contributed by atoms with E-state index < -0.39 is 0 Å². The quantitative estimate of drug-likeness (QED) is 0.373. The second-order valence-electron chi connectivity index (χ2n) is 3.45. The summed E-state index contributed by atoms with van der Waals surface area (Å²) in [5.41, 5.74) is 10.1. The molecule has 0 atom stereocenters. The second-order valence-corrected chi connectivity index (χ2v) is 3.89. The summed E-state index contributed by atoms with van der Waals surface area (Å²) in [5.74, 6) is 0. The first-order valence-electron chi connectivity index (χ1n) is 5.22. The summed E-state index contributed by atoms with van der Waals surface area (Å²) in [6, 6.07) is 6.98. The van der Waals surface area contributed by atoms with Gasteiger partial charge < -0.3 is 16.4 Å². The Kier molecular flexibility index (Phi) is 5.06. The van der Waals surface area contributed by atoms with Gasteiger partial charge in [0.05, 0.1) is 5.71 Å². The van der Waals surface area contributed by atoms with Crippen LogP contribution in [0.5, 0.6) is 0 Å². The molecule has 0 unspecified atom stereocenters. The summed E-state index contributed by atoms with van der Waals surface area (Å²) < 4.78 is 0. The van der Waals surface area contributed by atoms with Crippen molar-refractivity contribution in [2.75, 3.05) is 12.4 Å². The number of urea groups is 1. The fraction of sp³-hybridized carbons (Fsp3) is 0.182. The van der Waals surface area contributed by atoms with Crippen molar-refractivity contribution in [1.29, 1.82) is 0 Å². The molecule has 0 aliphatic rings. The Morgan fingerprint density at radius 2 is 1.94 bits per heavy atom. The van der Waals surface area contributed by atoms with E-state index in [9.17, 15) is 4.79 Å². The Balaban J connectivity index is 2.73. The summed E-state index contributed by atoms with van der Waals surface area (Å²) in [5, 5.41) is 9.25. The second kappa shape index (κ2) is 6.55. The third-order valence-corrected chi connectivity index (χ3v) is 2.21. The first-order chi connectivity index (χ1) is 8.52. The number of nitrogens with two attached hydrogens (primary N) is 1. The molecule has 96 valence electrons. The standard InChI is InChI=1S/C11H15N5OS/c1-7(15-16-10(12)18)8-3-5-9(6-4-8)14-11(17)13-2/h3-6H,1-2H3,(H3,12,16,18)(H2,13,14,17). The van der Waals surface area contributed by atoms with Crippen molar-refractivity contribution < 1.29 is 4.79 Å². The Morgan fingerprint density at radius 1 is 1.33 bits per heavy atom. The van der Waals surface area contributed by atoms with Crippen LogP contribution in [0.1, 0.15) is 12.5 Å². The van der Waals surface area contributed by atoms with Crippen molar-refractivity contribution in [2.24, 2.45) is 10.8 Å². The molecule has 0 spiro atoms. The van der Waals surface area contributed by atoms with Crippen LogP contribution < -0.4 is 21.8 Å². The molecule has 1 aromatic carbocycles. The lowest BCUT2D eigenvalue weighted by atomic mass is 10.1. The van der Waals surface area contributed by atoms with E-state index >= 15 is 0 Å². The fourth-order valence-electron chi connectivity index (χ4n) is 1.19. The lowest BCUT2D eigenvalue weighted by Crippen LogP contribution is -2.25. The average molecular weight is 265 g/mol. The minimum absolute atomic E-state index is 0.118. The fourth-order valence-corrected chi connectivity index (χ4v) is 1.24. The largest absolute Gasteiger partial charge is 0.375 e. The summed E-state index contributed by atoms with van der Waals surface area (Å²) in [4.78, 5) is 11.1. The number of carbonyl (C=O) groups is 1. The molecule has 0 aromatic heterocycles. The Hall–Kier alpha value is -2.15. The highest BCUT2D eigenvalue weighted by atomic mass is 32.1. The molecule has 0 bridgehead atoms. The van der Waals surface area contributed by atoms with E-state index in [4.69, 9.17) is 5.73 Å². The summed E-state index contributed by atoms with van der Waals surface area (Å²) >= 11 is 4.65. The maximum atomic E-state index is 11.1. The smallest absolute Gasteiger partial charge is 0.318 e. The third kappa shape index (κ3) is 4.38. The predicted octanol–water partition coefficient (Wildman–Crippen LogP) is 0.995. The predicted molar refractivity (Wildman–Crippen MR) is 76.7 cm³/mol. The number of thiocarbonyl (C=S) groups is 1. The maximum absolute atomic E-state index is 11.1. The molecule has 6 nitrogen and oxygen atoms in total. The molecule has 0 aliphatic carbocycles. The Morgan fingerprint density at radius 3 is 2.44 bits per heavy atom. The summed E-state index contributed by atoms with van der Waals surface area (Å²) in [6.07, 6.45) is 0. The van der Waals surface area contributed by atoms with E-state index in [1.165, 1.54) is 0 Å². The van der Waals surface area contributed by atoms with Crippen LogP contribution in [0.2, 0.25) is 0 Å². The van der Waals surface area contributed by atoms with Gasteiger partial charge in [0, 0.05) is 12.7 Å². The number of anilines is 1. The zero-order valence-corrected chi connectivity index (χ0v) is 11.0. The monoisotopic (exact) mass is 265 g/mol. The van der Waals surface area contributed by atoms with Gasteiger partial charge in [-0.25, -0.2) is 4.79 Å². The molecule has 2 amide bonds. The lowest BCUT2D eigenvalue weighted by Gasteiger charge is -2.06. The third-order valence-electron chi connectivity index (χ3n) is 2.12. The highest BCUT2D eigenvalue weighted by Gasteiger charge is 2.00. The number of hydrogen-bond donors (Lipinski definition) is 4. The van der Waals surface area contributed by atoms with Crippen LogP contribution in [0.4, 0.5) is 10.5 Å². The van der Waals surface area contributed by atoms with Gasteiger partial charge in [0.1, 0.15) is 0 Å². The van der Waals surface area contributed by atoms with Crippen molar-refractivity contribution in [1.82, 2.24) is 10.7 Å². The molecule has 0 radical (unpaired) electrons. The number of benzene rings is 1. The molecule has 0 aliphatic heterocycles. The van der Waals surface area contributed by atoms with Gasteiger partial charge >= 0.3 is 6.03 Å². The molecule has 0 heterocycles. The molecule has 0 saturated heterocycles. The van der Waals surface area contributed by atoms with Gasteiger partial charge in [-0.15, -0.1) is 0 Å². The van der Waals surface area contributed by atoms with E-state index in [0.717, 1.165) is 11.3 Å². The van der Waals surface area contributed by atoms with Crippen LogP contribution in [0.15, 0.2) is 29.4 Å². The van der Waals surface area contributed by atoms with Crippen LogP contribution >= 0.6 is 12.2 Å². The molecule has 5 N–H and O–H groups in total. The van der Waals surface area contributed by atoms with Crippen LogP contribution in [-0.4, -0.2) is 23.9 Å². The van der Waals surface area contributed by atoms with Gasteiger partial charge in [-0.3, -0.25) is 5.43 Å². The highest BCUT2D eigenvalue weighted by Crippen LogP contribution is 2.10. The SMILES string of the molecule is CNC(=O)Nc1ccc(C(C)=NNC(N)=S)cc1. The normalized spacial score (nSPS) is 10.7. The zero-order valence-electron chi connectivity index (χ0n) is 10.2. The highest BCUT2D eigenvalue weighted by molar-refractivity contribution is 7.80. The Labute approximate surface area is 111 Å². The van der Waals surface area contributed by atoms with E-state index in [-0.39, 0.29) is 11.1 Å². The molecule has 1 rings (SSSR count). The van der Waals surface area contributed by atoms with Gasteiger partial charge in [-0.1, -0.05) is 12.1 Å². The average Bonchev–Trinajstić information content (AvgIpc) is 2.36. The summed E-state index contributed by atoms with van der Waals surface area (Å²) in [6.45, 7) is 1.83. The van der Waals surface area contributed by atoms with E-state index in [2.05, 4.69) is 33.4 Å². The number of carbonyl (C=O) groups excluding carboxylic acids is 1. The van der Waals surface area contributed by atoms with Gasteiger partial charge in [-0.2, -0.15) is 5.10 Å². The van der Waals surface area contributed by atoms with Crippen molar-refractivity contribution >= 4 is 34.8 Å². The van der Waals surface area contributed by atoms with E-state index in [1.54, 1.807) is 19.2 Å². The number of rotatable bonds is 3. The topological polar surface area (TPSA) is 91.5 Å². The molecule has 7 heteroatoms. The van der Waals surface area contributed by atoms with Gasteiger partial charge in [0.2, 0.25) is 0 Å². The van der Waals surface area contributed by atoms with Crippen molar-refractivity contribution in [2.45, 2.75) is 6.92 Å². The van der Waals surface area contributed by atoms with E-state index in [0.29, 0.717) is 5.69 Å². The number of nitrogens with zero attached hydrogens (tertiary/aromatic N) is 1. The zero-order chi connectivity index (χ0) is 13.5. The summed E-state index contributed by atoms with van der Waals surface area (Å²) in [7, 11) is 1.56. The van der Waals surface area contributed by atoms with Crippen LogP contribution in [0, 0.1) is 0 Å². The molecule has 0 fully saturated rings. The number of hydrazone groups is 1. The van der Waals surface area contributed by atoms with Gasteiger partial charge in [-0.05, 0) is 36.8 Å². The molecule has 18 heavy (non-hydrogen) atoms. The molecule has 1 aromatic rings. The first-order valence-corrected chi connectivity index (χ1v) is 5.62. The number of amides is 2. The Bertz CT molecular complexity index is 469. The minimum atomic E-state index is -0.261. The molecular weight excluding hydrogens is 250 g/mol. The minimum Gasteiger partial charge on any atom is -0.375 e.